The highest BCUT2D eigenvalue weighted by Crippen LogP contribution is 2.45. The minimum Gasteiger partial charge on any atom is -0.463 e. The molecule has 16 nitrogen and oxygen atoms in total. The number of esters is 3. The molecule has 18 heteroatoms. The van der Waals surface area contributed by atoms with Crippen LogP contribution in [-0.2, 0) is 55.8 Å². The van der Waals surface area contributed by atoms with E-state index in [4.69, 9.17) is 32.3 Å². The summed E-state index contributed by atoms with van der Waals surface area (Å²) in [6.07, 6.45) is 133. The van der Waals surface area contributed by atoms with Crippen molar-refractivity contribution in [2.24, 2.45) is 0 Å². The smallest absolute Gasteiger partial charge is 0.463 e. The summed E-state index contributed by atoms with van der Waals surface area (Å²) < 4.78 is 61.7. The topological polar surface area (TPSA) is 231 Å². The predicted octanol–water partition coefficient (Wildman–Crippen LogP) is 32.1. The number of allylic oxidation sites excluding steroid dienone is 32. The highest BCUT2D eigenvalue weighted by Gasteiger charge is 2.30. The van der Waals surface area contributed by atoms with Gasteiger partial charge in [0.25, 0.3) is 0 Å². The molecule has 0 spiro atoms. The third-order valence-electron chi connectivity index (χ3n) is 21.3. The van der Waals surface area contributed by atoms with Gasteiger partial charge in [0.05, 0.1) is 26.4 Å². The summed E-state index contributed by atoms with van der Waals surface area (Å²) in [5.41, 5.74) is 0. The molecule has 0 saturated carbocycles. The number of carbonyl (C=O) groups is 3. The van der Waals surface area contributed by atoms with Crippen LogP contribution in [0.3, 0.4) is 0 Å². The molecule has 0 aromatic carbocycles. The zero-order valence-corrected chi connectivity index (χ0v) is 82.2. The van der Waals surface area contributed by atoms with Gasteiger partial charge in [-0.2, -0.15) is 0 Å². The van der Waals surface area contributed by atoms with Crippen LogP contribution in [0.1, 0.15) is 419 Å². The Morgan fingerprint density at radius 1 is 0.220 bits per heavy atom. The van der Waals surface area contributed by atoms with Crippen molar-refractivity contribution in [1.82, 2.24) is 0 Å². The van der Waals surface area contributed by atoms with Gasteiger partial charge in [-0.05, 0) is 161 Å². The second kappa shape index (κ2) is 99.4. The van der Waals surface area contributed by atoms with Gasteiger partial charge in [0.2, 0.25) is 0 Å². The van der Waals surface area contributed by atoms with Gasteiger partial charge in [0.1, 0.15) is 25.4 Å². The number of rotatable bonds is 95. The molecule has 0 aliphatic carbocycles. The summed E-state index contributed by atoms with van der Waals surface area (Å²) in [4.78, 5) is 59.2. The number of aliphatic hydroxyl groups is 2. The maximum Gasteiger partial charge on any atom is 0.472 e. The van der Waals surface area contributed by atoms with Gasteiger partial charge in [-0.25, -0.2) is 9.13 Å². The Kier molecular flexibility index (Phi) is 95.0. The second-order valence-corrected chi connectivity index (χ2v) is 36.4. The first-order valence-electron chi connectivity index (χ1n) is 50.7. The van der Waals surface area contributed by atoms with E-state index in [1.165, 1.54) is 186 Å². The molecule has 0 aliphatic rings. The number of ether oxygens (including phenoxy) is 3. The highest BCUT2D eigenvalue weighted by atomic mass is 31.2. The first-order valence-corrected chi connectivity index (χ1v) is 53.7. The van der Waals surface area contributed by atoms with Crippen LogP contribution in [0.2, 0.25) is 0 Å². The summed E-state index contributed by atoms with van der Waals surface area (Å²) in [6, 6.07) is 0. The molecule has 5 unspecified atom stereocenters. The Balaban J connectivity index is 4.65. The molecule has 0 fully saturated rings. The van der Waals surface area contributed by atoms with E-state index in [1.54, 1.807) is 0 Å². The molecule has 0 rings (SSSR count). The number of aliphatic hydroxyl groups excluding tert-OH is 2. The van der Waals surface area contributed by atoms with Crippen LogP contribution >= 0.6 is 15.6 Å². The molecule has 0 aromatic heterocycles. The average Bonchev–Trinajstić information content (AvgIpc) is 0.906. The van der Waals surface area contributed by atoms with Gasteiger partial charge < -0.3 is 34.2 Å². The van der Waals surface area contributed by atoms with Crippen molar-refractivity contribution in [1.29, 1.82) is 0 Å². The molecule has 0 heterocycles. The number of hydrogen-bond acceptors (Lipinski definition) is 14. The molecular weight excluding hydrogens is 1630 g/mol. The van der Waals surface area contributed by atoms with Gasteiger partial charge >= 0.3 is 33.6 Å². The molecule has 0 radical (unpaired) electrons. The van der Waals surface area contributed by atoms with Gasteiger partial charge in [-0.3, -0.25) is 32.5 Å². The van der Waals surface area contributed by atoms with E-state index in [9.17, 15) is 43.5 Å². The fraction of sp³-hybridized carbons (Fsp3) is 0.679. The van der Waals surface area contributed by atoms with Crippen molar-refractivity contribution in [3.05, 3.63) is 194 Å². The summed E-state index contributed by atoms with van der Waals surface area (Å²) in [6.45, 7) is 2.40. The number of phosphoric acid groups is 2. The predicted molar refractivity (Wildman–Crippen MR) is 537 cm³/mol. The number of unbranched alkanes of at least 4 members (excludes halogenated alkanes) is 40. The maximum absolute atomic E-state index is 13.1. The van der Waals surface area contributed by atoms with Crippen LogP contribution in [0.4, 0.5) is 0 Å². The minimum absolute atomic E-state index is 0.0942. The van der Waals surface area contributed by atoms with Crippen molar-refractivity contribution >= 4 is 33.6 Å². The van der Waals surface area contributed by atoms with Gasteiger partial charge in [-0.15, -0.1) is 0 Å². The lowest BCUT2D eigenvalue weighted by molar-refractivity contribution is -0.161. The van der Waals surface area contributed by atoms with Gasteiger partial charge in [0, 0.05) is 19.3 Å². The number of phosphoric ester groups is 2. The first kappa shape index (κ1) is 121. The van der Waals surface area contributed by atoms with E-state index >= 15 is 0 Å². The monoisotopic (exact) mass is 1810 g/mol. The van der Waals surface area contributed by atoms with E-state index in [0.717, 1.165) is 173 Å². The zero-order chi connectivity index (χ0) is 92.1. The van der Waals surface area contributed by atoms with Crippen LogP contribution in [0.25, 0.3) is 0 Å². The Hall–Kier alpha value is -5.61. The standard InChI is InChI=1S/C109H184O16P2/c1-4-7-10-13-16-19-22-25-28-31-34-37-40-43-46-49-51-54-56-59-62-65-68-71-74-77-80-83-86-89-92-95-107(112)119-98-104(110)99-121-126(115,116)122-100-105(111)101-123-127(117,118)124-103-106(125-109(114)97-94-91-88-85-82-79-76-73-70-67-64-61-58-53-48-45-42-39-36-33-30-27-24-21-18-15-12-9-6-3)102-120-108(113)96-93-90-87-84-81-78-75-72-69-66-63-60-57-55-52-50-47-44-41-38-35-32-29-26-23-20-17-14-11-8-5-2/h7-12,16-21,25-30,34-39,43-48,58,61,104-106,110-111H,4-6,13-15,22-24,31-33,40-42,49-57,59-60,62-103H2,1-3H3,(H,115,116)(H,117,118)/b10-7-,11-8-,12-9-,19-16-,20-17-,21-18-,28-25-,29-26-,30-27-,37-34-,38-35-,39-36-,46-43-,47-44-,48-45-,61-58-. The molecule has 0 saturated heterocycles. The largest absolute Gasteiger partial charge is 0.472 e. The lowest BCUT2D eigenvalue weighted by atomic mass is 10.0. The van der Waals surface area contributed by atoms with E-state index in [2.05, 4.69) is 215 Å². The fourth-order valence-electron chi connectivity index (χ4n) is 13.8. The molecule has 0 aromatic rings. The Bertz CT molecular complexity index is 3090. The quantitative estimate of drug-likeness (QED) is 0.0146. The number of carbonyl (C=O) groups excluding carboxylic acids is 3. The van der Waals surface area contributed by atoms with Crippen molar-refractivity contribution in [2.75, 3.05) is 39.6 Å². The van der Waals surface area contributed by atoms with E-state index in [-0.39, 0.29) is 19.3 Å². The molecule has 726 valence electrons. The number of hydrogen-bond donors (Lipinski definition) is 4. The Morgan fingerprint density at radius 3 is 0.622 bits per heavy atom. The first-order chi connectivity index (χ1) is 62.2. The van der Waals surface area contributed by atoms with Crippen LogP contribution in [0.5, 0.6) is 0 Å². The molecule has 0 bridgehead atoms. The SMILES string of the molecule is CC/C=C\C/C=C\C/C=C\C/C=C\C/C=C\C/C=C\CCCCCCCCCCCCC(=O)OC(COC(=O)CCCCCCCCCCCCCCCCC/C=C\C/C=C\C/C=C\C/C=C\C/C=C\CC)COP(=O)(O)OCC(O)COP(=O)(O)OCC(O)COC(=O)CCCCCCCCCCCCCCCCC/C=C\C/C=C\C/C=C\C/C=C\C/C=C\CC. The Labute approximate surface area is 776 Å². The average molecular weight is 1810 g/mol. The van der Waals surface area contributed by atoms with E-state index in [0.29, 0.717) is 19.3 Å². The third kappa shape index (κ3) is 101. The summed E-state index contributed by atoms with van der Waals surface area (Å²) in [5.74, 6) is -1.57. The van der Waals surface area contributed by atoms with Crippen molar-refractivity contribution in [3.63, 3.8) is 0 Å². The van der Waals surface area contributed by atoms with Crippen LogP contribution < -0.4 is 0 Å². The van der Waals surface area contributed by atoms with Gasteiger partial charge in [0.15, 0.2) is 6.10 Å². The normalized spacial score (nSPS) is 14.5. The maximum atomic E-state index is 13.1. The van der Waals surface area contributed by atoms with Gasteiger partial charge in [-0.1, -0.05) is 434 Å². The van der Waals surface area contributed by atoms with Crippen LogP contribution in [-0.4, -0.2) is 95.9 Å². The lowest BCUT2D eigenvalue weighted by Crippen LogP contribution is -2.30. The summed E-state index contributed by atoms with van der Waals surface area (Å²) in [7, 11) is -9.82. The van der Waals surface area contributed by atoms with Crippen LogP contribution in [0.15, 0.2) is 194 Å². The molecule has 0 aliphatic heterocycles. The Morgan fingerprint density at radius 2 is 0.394 bits per heavy atom. The molecule has 0 amide bonds. The highest BCUT2D eigenvalue weighted by molar-refractivity contribution is 7.47. The lowest BCUT2D eigenvalue weighted by Gasteiger charge is -2.21. The molecule has 127 heavy (non-hydrogen) atoms. The van der Waals surface area contributed by atoms with Crippen LogP contribution in [0, 0.1) is 0 Å². The molecule has 4 N–H and O–H groups in total. The minimum atomic E-state index is -4.95. The molecule has 5 atom stereocenters. The fourth-order valence-corrected chi connectivity index (χ4v) is 15.3. The van der Waals surface area contributed by atoms with Crippen molar-refractivity contribution < 1.29 is 75.8 Å². The van der Waals surface area contributed by atoms with E-state index in [1.807, 2.05) is 0 Å². The summed E-state index contributed by atoms with van der Waals surface area (Å²) in [5, 5.41) is 20.8. The third-order valence-corrected chi connectivity index (χ3v) is 23.2. The second-order valence-electron chi connectivity index (χ2n) is 33.5. The zero-order valence-electron chi connectivity index (χ0n) is 80.4. The molecular formula is C109H184O16P2. The summed E-state index contributed by atoms with van der Waals surface area (Å²) >= 11 is 0. The van der Waals surface area contributed by atoms with E-state index < -0.39 is 91.5 Å². The van der Waals surface area contributed by atoms with Crippen molar-refractivity contribution in [2.45, 2.75) is 437 Å². The van der Waals surface area contributed by atoms with Crippen molar-refractivity contribution in [3.8, 4) is 0 Å².